The molecular formula is C12H15NO2. The van der Waals surface area contributed by atoms with E-state index in [-0.39, 0.29) is 11.7 Å². The Kier molecular flexibility index (Phi) is 3.50. The van der Waals surface area contributed by atoms with E-state index in [0.29, 0.717) is 12.1 Å². The minimum Gasteiger partial charge on any atom is -0.508 e. The van der Waals surface area contributed by atoms with Gasteiger partial charge in [0.15, 0.2) is 0 Å². The fourth-order valence-electron chi connectivity index (χ4n) is 1.24. The number of hydrogen-bond donors (Lipinski definition) is 1. The van der Waals surface area contributed by atoms with E-state index >= 15 is 0 Å². The summed E-state index contributed by atoms with van der Waals surface area (Å²) in [4.78, 5) is 13.3. The number of likely N-dealkylation sites (N-methyl/N-ethyl adjacent to an activating group) is 1. The molecule has 80 valence electrons. The average Bonchev–Trinajstić information content (AvgIpc) is 2.21. The summed E-state index contributed by atoms with van der Waals surface area (Å²) in [6.45, 7) is 5.85. The lowest BCUT2D eigenvalue weighted by Gasteiger charge is -2.15. The first-order valence-corrected chi connectivity index (χ1v) is 4.72. The molecule has 0 heterocycles. The van der Waals surface area contributed by atoms with Gasteiger partial charge in [-0.1, -0.05) is 12.1 Å². The van der Waals surface area contributed by atoms with Crippen molar-refractivity contribution in [1.29, 1.82) is 0 Å². The van der Waals surface area contributed by atoms with Crippen LogP contribution in [0.5, 0.6) is 5.75 Å². The third kappa shape index (κ3) is 2.59. The van der Waals surface area contributed by atoms with E-state index in [0.717, 1.165) is 5.56 Å². The molecule has 3 nitrogen and oxygen atoms in total. The number of amides is 1. The molecule has 0 atom stereocenters. The van der Waals surface area contributed by atoms with Gasteiger partial charge in [-0.05, 0) is 24.6 Å². The van der Waals surface area contributed by atoms with Crippen LogP contribution < -0.4 is 0 Å². The first-order valence-electron chi connectivity index (χ1n) is 4.72. The highest BCUT2D eigenvalue weighted by Crippen LogP contribution is 2.18. The van der Waals surface area contributed by atoms with Gasteiger partial charge in [0.2, 0.25) is 0 Å². The van der Waals surface area contributed by atoms with E-state index in [1.807, 2.05) is 0 Å². The second-order valence-corrected chi connectivity index (χ2v) is 3.48. The fourth-order valence-corrected chi connectivity index (χ4v) is 1.24. The summed E-state index contributed by atoms with van der Waals surface area (Å²) < 4.78 is 0. The van der Waals surface area contributed by atoms with Crippen molar-refractivity contribution in [2.45, 2.75) is 6.92 Å². The molecule has 0 saturated carbocycles. The molecule has 0 unspecified atom stereocenters. The van der Waals surface area contributed by atoms with Crippen LogP contribution in [-0.4, -0.2) is 29.5 Å². The standard InChI is InChI=1S/C12H15NO2/c1-4-7-13(3)12(15)10-6-5-9(2)11(14)8-10/h4-6,8,14H,1,7H2,2-3H3. The highest BCUT2D eigenvalue weighted by molar-refractivity contribution is 5.94. The van der Waals surface area contributed by atoms with Crippen molar-refractivity contribution < 1.29 is 9.90 Å². The summed E-state index contributed by atoms with van der Waals surface area (Å²) in [7, 11) is 1.70. The Balaban J connectivity index is 2.91. The molecule has 0 aromatic heterocycles. The molecule has 0 radical (unpaired) electrons. The van der Waals surface area contributed by atoms with Gasteiger partial charge in [-0.15, -0.1) is 6.58 Å². The van der Waals surface area contributed by atoms with E-state index < -0.39 is 0 Å². The zero-order chi connectivity index (χ0) is 11.4. The van der Waals surface area contributed by atoms with Gasteiger partial charge in [-0.25, -0.2) is 0 Å². The molecule has 0 bridgehead atoms. The molecule has 0 fully saturated rings. The number of hydrogen-bond acceptors (Lipinski definition) is 2. The molecule has 1 rings (SSSR count). The van der Waals surface area contributed by atoms with Crippen LogP contribution in [0.2, 0.25) is 0 Å². The van der Waals surface area contributed by atoms with E-state index in [1.165, 1.54) is 11.0 Å². The van der Waals surface area contributed by atoms with Crippen LogP contribution in [0.25, 0.3) is 0 Å². The summed E-state index contributed by atoms with van der Waals surface area (Å²) in [5, 5.41) is 9.47. The van der Waals surface area contributed by atoms with Crippen molar-refractivity contribution in [1.82, 2.24) is 4.90 Å². The Morgan fingerprint density at radius 3 is 2.80 bits per heavy atom. The van der Waals surface area contributed by atoms with Crippen LogP contribution >= 0.6 is 0 Å². The van der Waals surface area contributed by atoms with Crippen LogP contribution in [0.4, 0.5) is 0 Å². The number of benzene rings is 1. The predicted octanol–water partition coefficient (Wildman–Crippen LogP) is 1.96. The zero-order valence-electron chi connectivity index (χ0n) is 9.03. The van der Waals surface area contributed by atoms with Crippen molar-refractivity contribution in [2.24, 2.45) is 0 Å². The molecule has 0 aliphatic rings. The molecule has 0 aliphatic heterocycles. The highest BCUT2D eigenvalue weighted by Gasteiger charge is 2.11. The Morgan fingerprint density at radius 2 is 2.27 bits per heavy atom. The number of rotatable bonds is 3. The summed E-state index contributed by atoms with van der Waals surface area (Å²) in [6, 6.07) is 4.92. The molecule has 1 amide bonds. The van der Waals surface area contributed by atoms with E-state index in [1.54, 1.807) is 32.2 Å². The van der Waals surface area contributed by atoms with E-state index in [4.69, 9.17) is 0 Å². The third-order valence-corrected chi connectivity index (χ3v) is 2.21. The van der Waals surface area contributed by atoms with Crippen molar-refractivity contribution in [3.8, 4) is 5.75 Å². The molecule has 1 aromatic carbocycles. The topological polar surface area (TPSA) is 40.5 Å². The van der Waals surface area contributed by atoms with Gasteiger partial charge in [0.25, 0.3) is 5.91 Å². The molecule has 0 spiro atoms. The van der Waals surface area contributed by atoms with Crippen molar-refractivity contribution >= 4 is 5.91 Å². The second-order valence-electron chi connectivity index (χ2n) is 3.48. The number of phenolic OH excluding ortho intramolecular Hbond substituents is 1. The minimum atomic E-state index is -0.120. The van der Waals surface area contributed by atoms with Gasteiger partial charge in [0, 0.05) is 19.2 Å². The molecule has 0 saturated heterocycles. The van der Waals surface area contributed by atoms with Gasteiger partial charge in [-0.2, -0.15) is 0 Å². The van der Waals surface area contributed by atoms with Gasteiger partial charge in [0.05, 0.1) is 0 Å². The van der Waals surface area contributed by atoms with Crippen LogP contribution in [0, 0.1) is 6.92 Å². The zero-order valence-corrected chi connectivity index (χ0v) is 9.03. The van der Waals surface area contributed by atoms with Crippen LogP contribution in [-0.2, 0) is 0 Å². The van der Waals surface area contributed by atoms with Crippen LogP contribution in [0.15, 0.2) is 30.9 Å². The maximum absolute atomic E-state index is 11.8. The largest absolute Gasteiger partial charge is 0.508 e. The van der Waals surface area contributed by atoms with Crippen molar-refractivity contribution in [3.63, 3.8) is 0 Å². The van der Waals surface area contributed by atoms with Crippen LogP contribution in [0.1, 0.15) is 15.9 Å². The molecule has 3 heteroatoms. The molecule has 0 aliphatic carbocycles. The number of aromatic hydroxyl groups is 1. The van der Waals surface area contributed by atoms with Crippen molar-refractivity contribution in [2.75, 3.05) is 13.6 Å². The first-order chi connectivity index (χ1) is 7.06. The summed E-state index contributed by atoms with van der Waals surface area (Å²) in [5.74, 6) is 0.0260. The molecule has 1 aromatic rings. The Bertz CT molecular complexity index is 385. The lowest BCUT2D eigenvalue weighted by Crippen LogP contribution is -2.26. The maximum atomic E-state index is 11.8. The van der Waals surface area contributed by atoms with Gasteiger partial charge in [-0.3, -0.25) is 4.79 Å². The van der Waals surface area contributed by atoms with E-state index in [2.05, 4.69) is 6.58 Å². The minimum absolute atomic E-state index is 0.120. The molecule has 15 heavy (non-hydrogen) atoms. The van der Waals surface area contributed by atoms with Crippen molar-refractivity contribution in [3.05, 3.63) is 42.0 Å². The quantitative estimate of drug-likeness (QED) is 0.766. The number of carbonyl (C=O) groups excluding carboxylic acids is 1. The number of aryl methyl sites for hydroxylation is 1. The summed E-state index contributed by atoms with van der Waals surface area (Å²) in [6.07, 6.45) is 1.66. The lowest BCUT2D eigenvalue weighted by atomic mass is 10.1. The monoisotopic (exact) mass is 205 g/mol. The number of carbonyl (C=O) groups is 1. The van der Waals surface area contributed by atoms with Crippen LogP contribution in [0.3, 0.4) is 0 Å². The summed E-state index contributed by atoms with van der Waals surface area (Å²) >= 11 is 0. The highest BCUT2D eigenvalue weighted by atomic mass is 16.3. The predicted molar refractivity (Wildman–Crippen MR) is 60.0 cm³/mol. The molecular weight excluding hydrogens is 190 g/mol. The normalized spacial score (nSPS) is 9.73. The number of nitrogens with zero attached hydrogens (tertiary/aromatic N) is 1. The van der Waals surface area contributed by atoms with Gasteiger partial charge < -0.3 is 10.0 Å². The van der Waals surface area contributed by atoms with E-state index in [9.17, 15) is 9.90 Å². The molecule has 1 N–H and O–H groups in total. The van der Waals surface area contributed by atoms with Gasteiger partial charge in [0.1, 0.15) is 5.75 Å². The number of phenols is 1. The third-order valence-electron chi connectivity index (χ3n) is 2.21. The first kappa shape index (κ1) is 11.3. The Labute approximate surface area is 89.6 Å². The average molecular weight is 205 g/mol. The Hall–Kier alpha value is -1.77. The summed E-state index contributed by atoms with van der Waals surface area (Å²) in [5.41, 5.74) is 1.25. The fraction of sp³-hybridized carbons (Fsp3) is 0.250. The lowest BCUT2D eigenvalue weighted by molar-refractivity contribution is 0.0810. The smallest absolute Gasteiger partial charge is 0.254 e. The van der Waals surface area contributed by atoms with Gasteiger partial charge >= 0.3 is 0 Å². The second kappa shape index (κ2) is 4.64. The SMILES string of the molecule is C=CCN(C)C(=O)c1ccc(C)c(O)c1. The Morgan fingerprint density at radius 1 is 1.60 bits per heavy atom. The maximum Gasteiger partial charge on any atom is 0.254 e.